The van der Waals surface area contributed by atoms with E-state index in [1.54, 1.807) is 0 Å². The topological polar surface area (TPSA) is 0 Å². The number of alkyl halides is 1. The highest BCUT2D eigenvalue weighted by atomic mass is 35.5. The molecule has 0 aromatic carbocycles. The molecule has 1 saturated carbocycles. The molecule has 0 radical (unpaired) electrons. The smallest absolute Gasteiger partial charge is 0.0280 e. The van der Waals surface area contributed by atoms with E-state index in [-0.39, 0.29) is 0 Å². The molecule has 1 fully saturated rings. The van der Waals surface area contributed by atoms with Gasteiger partial charge in [0.2, 0.25) is 0 Å². The Morgan fingerprint density at radius 1 is 1.33 bits per heavy atom. The van der Waals surface area contributed by atoms with Crippen LogP contribution in [-0.2, 0) is 0 Å². The molecular weight excluding hydrogens is 168 g/mol. The third kappa shape index (κ3) is 2.16. The Kier molecular flexibility index (Phi) is 2.78. The molecule has 1 heteroatoms. The van der Waals surface area contributed by atoms with Crippen molar-refractivity contribution in [1.29, 1.82) is 0 Å². The van der Waals surface area contributed by atoms with Crippen LogP contribution >= 0.6 is 11.6 Å². The van der Waals surface area contributed by atoms with E-state index < -0.39 is 0 Å². The Bertz CT molecular complexity index is 154. The first-order chi connectivity index (χ1) is 5.42. The second-order valence-corrected chi connectivity index (χ2v) is 5.72. The van der Waals surface area contributed by atoms with Crippen molar-refractivity contribution in [2.24, 2.45) is 16.7 Å². The van der Waals surface area contributed by atoms with Gasteiger partial charge in [-0.25, -0.2) is 0 Å². The Morgan fingerprint density at radius 2 is 1.83 bits per heavy atom. The van der Waals surface area contributed by atoms with Gasteiger partial charge in [0.25, 0.3) is 0 Å². The van der Waals surface area contributed by atoms with Gasteiger partial charge < -0.3 is 0 Å². The van der Waals surface area contributed by atoms with Crippen LogP contribution in [0.15, 0.2) is 0 Å². The lowest BCUT2D eigenvalue weighted by Crippen LogP contribution is -2.24. The van der Waals surface area contributed by atoms with E-state index in [0.29, 0.717) is 10.8 Å². The molecule has 1 aliphatic rings. The summed E-state index contributed by atoms with van der Waals surface area (Å²) >= 11 is 5.97. The van der Waals surface area contributed by atoms with Crippen molar-refractivity contribution in [3.05, 3.63) is 0 Å². The van der Waals surface area contributed by atoms with Gasteiger partial charge in [0.05, 0.1) is 0 Å². The number of hydrogen-bond donors (Lipinski definition) is 0. The molecule has 0 bridgehead atoms. The molecule has 72 valence electrons. The number of rotatable bonds is 4. The Morgan fingerprint density at radius 3 is 2.08 bits per heavy atom. The van der Waals surface area contributed by atoms with E-state index in [1.165, 1.54) is 19.3 Å². The summed E-state index contributed by atoms with van der Waals surface area (Å²) in [5.74, 6) is 1.63. The fraction of sp³-hybridized carbons (Fsp3) is 1.00. The van der Waals surface area contributed by atoms with Crippen molar-refractivity contribution >= 4 is 11.6 Å². The van der Waals surface area contributed by atoms with Crippen LogP contribution in [0.3, 0.4) is 0 Å². The van der Waals surface area contributed by atoms with Gasteiger partial charge >= 0.3 is 0 Å². The first kappa shape index (κ1) is 10.4. The third-order valence-electron chi connectivity index (χ3n) is 3.63. The van der Waals surface area contributed by atoms with Crippen molar-refractivity contribution in [3.63, 3.8) is 0 Å². The van der Waals surface area contributed by atoms with Gasteiger partial charge in [0.15, 0.2) is 0 Å². The van der Waals surface area contributed by atoms with Crippen molar-refractivity contribution in [2.45, 2.75) is 47.0 Å². The molecule has 1 aliphatic carbocycles. The van der Waals surface area contributed by atoms with E-state index in [9.17, 15) is 0 Å². The molecule has 0 nitrogen and oxygen atoms in total. The third-order valence-corrected chi connectivity index (χ3v) is 4.20. The van der Waals surface area contributed by atoms with Gasteiger partial charge in [-0.1, -0.05) is 27.7 Å². The van der Waals surface area contributed by atoms with Gasteiger partial charge in [0.1, 0.15) is 0 Å². The van der Waals surface area contributed by atoms with Crippen molar-refractivity contribution < 1.29 is 0 Å². The maximum Gasteiger partial charge on any atom is 0.0280 e. The summed E-state index contributed by atoms with van der Waals surface area (Å²) in [5, 5.41) is 0. The minimum absolute atomic E-state index is 0.464. The molecular formula is C11H21Cl. The standard InChI is InChI=1S/C11H21Cl/c1-9(2)10(3,4)7-11(8-12)5-6-11/h9H,5-8H2,1-4H3. The SMILES string of the molecule is CC(C)C(C)(C)CC1(CCl)CC1. The van der Waals surface area contributed by atoms with E-state index in [2.05, 4.69) is 27.7 Å². The van der Waals surface area contributed by atoms with E-state index in [4.69, 9.17) is 11.6 Å². The first-order valence-corrected chi connectivity index (χ1v) is 5.51. The molecule has 0 amide bonds. The quantitative estimate of drug-likeness (QED) is 0.584. The highest BCUT2D eigenvalue weighted by Crippen LogP contribution is 2.55. The van der Waals surface area contributed by atoms with Crippen LogP contribution in [0.4, 0.5) is 0 Å². The number of hydrogen-bond acceptors (Lipinski definition) is 0. The van der Waals surface area contributed by atoms with Crippen molar-refractivity contribution in [3.8, 4) is 0 Å². The fourth-order valence-corrected chi connectivity index (χ4v) is 2.07. The van der Waals surface area contributed by atoms with Gasteiger partial charge in [-0.2, -0.15) is 0 Å². The van der Waals surface area contributed by atoms with E-state index >= 15 is 0 Å². The summed E-state index contributed by atoms with van der Waals surface area (Å²) in [6.07, 6.45) is 4.01. The average Bonchev–Trinajstić information content (AvgIpc) is 2.68. The van der Waals surface area contributed by atoms with Crippen LogP contribution in [0.25, 0.3) is 0 Å². The molecule has 0 aromatic heterocycles. The predicted octanol–water partition coefficient (Wildman–Crippen LogP) is 4.08. The molecule has 0 aromatic rings. The molecule has 0 N–H and O–H groups in total. The monoisotopic (exact) mass is 188 g/mol. The van der Waals surface area contributed by atoms with Crippen LogP contribution in [0.2, 0.25) is 0 Å². The first-order valence-electron chi connectivity index (χ1n) is 4.98. The molecule has 0 heterocycles. The van der Waals surface area contributed by atoms with Crippen LogP contribution in [0, 0.1) is 16.7 Å². The lowest BCUT2D eigenvalue weighted by molar-refractivity contribution is 0.186. The zero-order valence-corrected chi connectivity index (χ0v) is 9.54. The summed E-state index contributed by atoms with van der Waals surface area (Å²) in [7, 11) is 0. The van der Waals surface area contributed by atoms with Gasteiger partial charge in [-0.15, -0.1) is 11.6 Å². The van der Waals surface area contributed by atoms with Crippen molar-refractivity contribution in [2.75, 3.05) is 5.88 Å². The minimum Gasteiger partial charge on any atom is -0.126 e. The van der Waals surface area contributed by atoms with E-state index in [0.717, 1.165) is 11.8 Å². The fourth-order valence-electron chi connectivity index (χ4n) is 1.71. The summed E-state index contributed by atoms with van der Waals surface area (Å²) in [6, 6.07) is 0. The average molecular weight is 189 g/mol. The molecule has 0 aliphatic heterocycles. The minimum atomic E-state index is 0.464. The normalized spacial score (nSPS) is 21.5. The predicted molar refractivity (Wildman–Crippen MR) is 55.6 cm³/mol. The molecule has 0 spiro atoms. The van der Waals surface area contributed by atoms with Crippen molar-refractivity contribution in [1.82, 2.24) is 0 Å². The Balaban J connectivity index is 2.49. The second kappa shape index (κ2) is 3.21. The molecule has 12 heavy (non-hydrogen) atoms. The number of halogens is 1. The summed E-state index contributed by atoms with van der Waals surface area (Å²) in [6.45, 7) is 9.35. The largest absolute Gasteiger partial charge is 0.126 e. The maximum absolute atomic E-state index is 5.97. The maximum atomic E-state index is 5.97. The van der Waals surface area contributed by atoms with Crippen LogP contribution in [0.1, 0.15) is 47.0 Å². The Hall–Kier alpha value is 0.290. The molecule has 1 rings (SSSR count). The Labute approximate surface area is 81.7 Å². The second-order valence-electron chi connectivity index (χ2n) is 5.45. The van der Waals surface area contributed by atoms with Gasteiger partial charge in [0, 0.05) is 5.88 Å². The molecule has 0 unspecified atom stereocenters. The van der Waals surface area contributed by atoms with E-state index in [1.807, 2.05) is 0 Å². The van der Waals surface area contributed by atoms with Gasteiger partial charge in [-0.3, -0.25) is 0 Å². The highest BCUT2D eigenvalue weighted by Gasteiger charge is 2.45. The summed E-state index contributed by atoms with van der Waals surface area (Å²) in [5.41, 5.74) is 0.987. The van der Waals surface area contributed by atoms with Crippen LogP contribution in [-0.4, -0.2) is 5.88 Å². The molecule has 0 saturated heterocycles. The highest BCUT2D eigenvalue weighted by molar-refractivity contribution is 6.18. The summed E-state index contributed by atoms with van der Waals surface area (Å²) in [4.78, 5) is 0. The van der Waals surface area contributed by atoms with Crippen LogP contribution < -0.4 is 0 Å². The zero-order valence-electron chi connectivity index (χ0n) is 8.78. The van der Waals surface area contributed by atoms with Gasteiger partial charge in [-0.05, 0) is 36.0 Å². The lowest BCUT2D eigenvalue weighted by atomic mass is 9.73. The van der Waals surface area contributed by atoms with Crippen LogP contribution in [0.5, 0.6) is 0 Å². The summed E-state index contributed by atoms with van der Waals surface area (Å²) < 4.78 is 0. The molecule has 0 atom stereocenters. The lowest BCUT2D eigenvalue weighted by Gasteiger charge is -2.32. The zero-order chi connectivity index (χ0) is 9.41.